The van der Waals surface area contributed by atoms with Gasteiger partial charge in [0.15, 0.2) is 11.6 Å². The summed E-state index contributed by atoms with van der Waals surface area (Å²) >= 11 is 0. The molecule has 3 saturated heterocycles. The monoisotopic (exact) mass is 603 g/mol. The van der Waals surface area contributed by atoms with E-state index in [2.05, 4.69) is 19.8 Å². The van der Waals surface area contributed by atoms with Crippen LogP contribution in [0.4, 0.5) is 10.2 Å². The molecule has 1 aromatic heterocycles. The molecular weight excluding hydrogens is 561 g/mol. The first-order chi connectivity index (χ1) is 19.8. The molecule has 2 N–H and O–H groups in total. The smallest absolute Gasteiger partial charge is 0.276 e. The maximum atomic E-state index is 14.3. The molecule has 2 aromatic rings. The van der Waals surface area contributed by atoms with Crippen LogP contribution >= 0.6 is 0 Å². The number of hydrogen-bond donors (Lipinski definition) is 1. The zero-order valence-electron chi connectivity index (χ0n) is 24.9. The lowest BCUT2D eigenvalue weighted by Crippen LogP contribution is -2.61. The second-order valence-corrected chi connectivity index (χ2v) is 14.1. The van der Waals surface area contributed by atoms with E-state index in [9.17, 15) is 17.6 Å². The second-order valence-electron chi connectivity index (χ2n) is 12.6. The van der Waals surface area contributed by atoms with Crippen LogP contribution in [-0.4, -0.2) is 96.3 Å². The number of ether oxygens (including phenoxy) is 1. The minimum absolute atomic E-state index is 0.0676. The van der Waals surface area contributed by atoms with E-state index in [1.54, 1.807) is 11.1 Å². The number of piperidine rings is 1. The standard InChI is InChI=1S/C29H42FN7O4S/c1-20(2)37(21(3)4)28(38)24-13-23(30)5-6-25(24)41-26-14-32-19-33-27(26)35-10-7-22(16-35)15-34-17-29(18-34)8-11-36(12-9-29)42(31,39)40/h5-6,13-14,19-22H,7-12,15-18H2,1-4H3,(H2,31,39,40)/t22-/m0/s1. The third-order valence-electron chi connectivity index (χ3n) is 8.76. The zero-order chi connectivity index (χ0) is 30.2. The summed E-state index contributed by atoms with van der Waals surface area (Å²) < 4.78 is 45.2. The highest BCUT2D eigenvalue weighted by atomic mass is 32.2. The SMILES string of the molecule is CC(C)N(C(=O)c1cc(F)ccc1Oc1cncnc1N1CC[C@@H](CN2CC3(CCN(S(N)(=O)=O)CC3)C2)C1)C(C)C. The van der Waals surface area contributed by atoms with Gasteiger partial charge >= 0.3 is 0 Å². The molecule has 0 saturated carbocycles. The Morgan fingerprint density at radius 1 is 1.14 bits per heavy atom. The Morgan fingerprint density at radius 3 is 2.48 bits per heavy atom. The average molecular weight is 604 g/mol. The number of likely N-dealkylation sites (tertiary alicyclic amines) is 1. The number of rotatable bonds is 9. The number of halogens is 1. The molecule has 42 heavy (non-hydrogen) atoms. The lowest BCUT2D eigenvalue weighted by atomic mass is 9.72. The largest absolute Gasteiger partial charge is 0.451 e. The van der Waals surface area contributed by atoms with E-state index in [4.69, 9.17) is 9.88 Å². The highest BCUT2D eigenvalue weighted by Gasteiger charge is 2.46. The van der Waals surface area contributed by atoms with E-state index in [-0.39, 0.29) is 34.7 Å². The number of amides is 1. The number of carbonyl (C=O) groups excluding carboxylic acids is 1. The fourth-order valence-corrected chi connectivity index (χ4v) is 7.49. The Hall–Kier alpha value is -2.87. The molecular formula is C29H42FN7O4S. The summed E-state index contributed by atoms with van der Waals surface area (Å²) in [6.45, 7) is 13.3. The Kier molecular flexibility index (Phi) is 8.75. The highest BCUT2D eigenvalue weighted by molar-refractivity contribution is 7.86. The highest BCUT2D eigenvalue weighted by Crippen LogP contribution is 2.42. The summed E-state index contributed by atoms with van der Waals surface area (Å²) in [6, 6.07) is 3.86. The topological polar surface area (TPSA) is 125 Å². The molecule has 1 atom stereocenters. The fraction of sp³-hybridized carbons (Fsp3) is 0.621. The number of hydrogen-bond acceptors (Lipinski definition) is 8. The van der Waals surface area contributed by atoms with Gasteiger partial charge in [0.25, 0.3) is 16.1 Å². The van der Waals surface area contributed by atoms with Crippen molar-refractivity contribution in [1.29, 1.82) is 0 Å². The summed E-state index contributed by atoms with van der Waals surface area (Å²) in [4.78, 5) is 28.5. The van der Waals surface area contributed by atoms with E-state index >= 15 is 0 Å². The molecule has 0 bridgehead atoms. The Labute approximate surface area is 248 Å². The molecule has 11 nitrogen and oxygen atoms in total. The summed E-state index contributed by atoms with van der Waals surface area (Å²) in [5.74, 6) is 0.978. The molecule has 1 amide bonds. The van der Waals surface area contributed by atoms with Gasteiger partial charge in [0, 0.05) is 57.9 Å². The molecule has 1 aromatic carbocycles. The predicted octanol–water partition coefficient (Wildman–Crippen LogP) is 3.09. The minimum Gasteiger partial charge on any atom is -0.451 e. The first kappa shape index (κ1) is 30.6. The number of carbonyl (C=O) groups is 1. The average Bonchev–Trinajstić information content (AvgIpc) is 3.37. The van der Waals surface area contributed by atoms with Crippen LogP contribution in [0.3, 0.4) is 0 Å². The molecule has 5 rings (SSSR count). The molecule has 3 fully saturated rings. The Bertz CT molecular complexity index is 1380. The maximum absolute atomic E-state index is 14.3. The number of anilines is 1. The van der Waals surface area contributed by atoms with Gasteiger partial charge in [-0.25, -0.2) is 19.5 Å². The number of benzene rings is 1. The normalized spacial score (nSPS) is 21.2. The van der Waals surface area contributed by atoms with E-state index in [0.717, 1.165) is 52.0 Å². The first-order valence-electron chi connectivity index (χ1n) is 14.7. The molecule has 13 heteroatoms. The zero-order valence-corrected chi connectivity index (χ0v) is 25.7. The summed E-state index contributed by atoms with van der Waals surface area (Å²) in [7, 11) is -3.61. The predicted molar refractivity (Wildman–Crippen MR) is 158 cm³/mol. The van der Waals surface area contributed by atoms with Gasteiger partial charge in [-0.1, -0.05) is 0 Å². The summed E-state index contributed by atoms with van der Waals surface area (Å²) in [5.41, 5.74) is 0.353. The van der Waals surface area contributed by atoms with Crippen molar-refractivity contribution in [2.45, 2.75) is 59.0 Å². The Balaban J connectivity index is 1.23. The van der Waals surface area contributed by atoms with Gasteiger partial charge in [0.05, 0.1) is 11.8 Å². The molecule has 3 aliphatic heterocycles. The van der Waals surface area contributed by atoms with Crippen molar-refractivity contribution >= 4 is 21.9 Å². The van der Waals surface area contributed by atoms with E-state index < -0.39 is 16.0 Å². The van der Waals surface area contributed by atoms with Gasteiger partial charge in [-0.15, -0.1) is 0 Å². The first-order valence-corrected chi connectivity index (χ1v) is 16.2. The van der Waals surface area contributed by atoms with Crippen LogP contribution in [0.25, 0.3) is 0 Å². The number of nitrogens with zero attached hydrogens (tertiary/aromatic N) is 6. The minimum atomic E-state index is -3.61. The van der Waals surface area contributed by atoms with Crippen LogP contribution in [0.1, 0.15) is 57.3 Å². The van der Waals surface area contributed by atoms with Crippen LogP contribution in [0.5, 0.6) is 11.5 Å². The fourth-order valence-electron chi connectivity index (χ4n) is 6.80. The van der Waals surface area contributed by atoms with Gasteiger partial charge < -0.3 is 19.4 Å². The van der Waals surface area contributed by atoms with Crippen molar-refractivity contribution in [2.24, 2.45) is 16.5 Å². The summed E-state index contributed by atoms with van der Waals surface area (Å²) in [5, 5.41) is 5.30. The van der Waals surface area contributed by atoms with Gasteiger partial charge in [-0.2, -0.15) is 12.7 Å². The van der Waals surface area contributed by atoms with E-state index in [1.165, 1.54) is 28.8 Å². The third-order valence-corrected chi connectivity index (χ3v) is 9.85. The van der Waals surface area contributed by atoms with Gasteiger partial charge in [-0.3, -0.25) is 4.79 Å². The quantitative estimate of drug-likeness (QED) is 0.464. The van der Waals surface area contributed by atoms with Gasteiger partial charge in [-0.05, 0) is 76.5 Å². The van der Waals surface area contributed by atoms with Crippen LogP contribution in [0.2, 0.25) is 0 Å². The van der Waals surface area contributed by atoms with Crippen LogP contribution in [-0.2, 0) is 10.2 Å². The molecule has 4 heterocycles. The van der Waals surface area contributed by atoms with E-state index in [1.807, 2.05) is 27.7 Å². The molecule has 0 aliphatic carbocycles. The van der Waals surface area contributed by atoms with Crippen molar-refractivity contribution in [2.75, 3.05) is 50.7 Å². The van der Waals surface area contributed by atoms with Crippen molar-refractivity contribution in [3.63, 3.8) is 0 Å². The third kappa shape index (κ3) is 6.53. The molecule has 3 aliphatic rings. The van der Waals surface area contributed by atoms with Crippen molar-refractivity contribution < 1.29 is 22.3 Å². The van der Waals surface area contributed by atoms with Crippen molar-refractivity contribution in [3.05, 3.63) is 42.1 Å². The van der Waals surface area contributed by atoms with E-state index in [0.29, 0.717) is 30.6 Å². The molecule has 0 unspecified atom stereocenters. The number of aromatic nitrogens is 2. The lowest BCUT2D eigenvalue weighted by molar-refractivity contribution is -0.0407. The lowest BCUT2D eigenvalue weighted by Gasteiger charge is -2.54. The molecule has 230 valence electrons. The van der Waals surface area contributed by atoms with Crippen LogP contribution < -0.4 is 14.8 Å². The van der Waals surface area contributed by atoms with Gasteiger partial charge in [0.1, 0.15) is 17.9 Å². The second kappa shape index (κ2) is 12.0. The van der Waals surface area contributed by atoms with Crippen LogP contribution in [0.15, 0.2) is 30.7 Å². The maximum Gasteiger partial charge on any atom is 0.276 e. The van der Waals surface area contributed by atoms with Gasteiger partial charge in [0.2, 0.25) is 0 Å². The summed E-state index contributed by atoms with van der Waals surface area (Å²) in [6.07, 6.45) is 5.77. The van der Waals surface area contributed by atoms with Crippen LogP contribution in [0, 0.1) is 17.2 Å². The van der Waals surface area contributed by atoms with Crippen molar-refractivity contribution in [3.8, 4) is 11.5 Å². The molecule has 0 radical (unpaired) electrons. The Morgan fingerprint density at radius 2 is 1.83 bits per heavy atom. The number of nitrogens with two attached hydrogens (primary N) is 1. The van der Waals surface area contributed by atoms with Crippen molar-refractivity contribution in [1.82, 2.24) is 24.1 Å². The molecule has 1 spiro atoms.